The van der Waals surface area contributed by atoms with Crippen molar-refractivity contribution in [2.24, 2.45) is 0 Å². The van der Waals surface area contributed by atoms with E-state index in [0.717, 1.165) is 17.2 Å². The van der Waals surface area contributed by atoms with E-state index in [1.54, 1.807) is 12.4 Å². The third-order valence-corrected chi connectivity index (χ3v) is 3.09. The summed E-state index contributed by atoms with van der Waals surface area (Å²) >= 11 is 0. The van der Waals surface area contributed by atoms with Crippen LogP contribution in [0.4, 0.5) is 8.78 Å². The maximum Gasteiger partial charge on any atom is 0.129 e. The average molecular weight is 262 g/mol. The van der Waals surface area contributed by atoms with Crippen molar-refractivity contribution in [1.82, 2.24) is 10.3 Å². The van der Waals surface area contributed by atoms with E-state index < -0.39 is 11.6 Å². The van der Waals surface area contributed by atoms with Gasteiger partial charge in [0.15, 0.2) is 0 Å². The zero-order chi connectivity index (χ0) is 13.8. The summed E-state index contributed by atoms with van der Waals surface area (Å²) in [4.78, 5) is 4.14. The molecule has 4 heteroatoms. The van der Waals surface area contributed by atoms with Crippen LogP contribution in [0.1, 0.15) is 22.7 Å². The second kappa shape index (κ2) is 5.89. The molecule has 1 atom stereocenters. The highest BCUT2D eigenvalue weighted by atomic mass is 19.1. The van der Waals surface area contributed by atoms with Gasteiger partial charge in [-0.25, -0.2) is 8.78 Å². The monoisotopic (exact) mass is 262 g/mol. The predicted molar refractivity (Wildman–Crippen MR) is 70.8 cm³/mol. The molecule has 2 rings (SSSR count). The van der Waals surface area contributed by atoms with Gasteiger partial charge in [-0.2, -0.15) is 0 Å². The molecule has 0 bridgehead atoms. The number of nitrogens with zero attached hydrogens (tertiary/aromatic N) is 1. The predicted octanol–water partition coefficient (Wildman–Crippen LogP) is 3.17. The molecule has 2 nitrogen and oxygen atoms in total. The SMILES string of the molecule is CNC(Cc1ccc(F)cc1F)c1cncc(C)c1. The molecule has 1 aromatic carbocycles. The number of nitrogens with one attached hydrogen (secondary N) is 1. The Labute approximate surface area is 111 Å². The molecule has 0 aliphatic carbocycles. The summed E-state index contributed by atoms with van der Waals surface area (Å²) in [7, 11) is 1.81. The molecule has 1 N–H and O–H groups in total. The summed E-state index contributed by atoms with van der Waals surface area (Å²) in [6.07, 6.45) is 3.98. The van der Waals surface area contributed by atoms with Gasteiger partial charge in [0.1, 0.15) is 11.6 Å². The first-order valence-corrected chi connectivity index (χ1v) is 6.13. The van der Waals surface area contributed by atoms with Gasteiger partial charge in [-0.3, -0.25) is 4.98 Å². The highest BCUT2D eigenvalue weighted by molar-refractivity contribution is 5.25. The Hall–Kier alpha value is -1.81. The molecule has 0 aliphatic heterocycles. The highest BCUT2D eigenvalue weighted by Gasteiger charge is 2.13. The normalized spacial score (nSPS) is 12.4. The molecule has 2 aromatic rings. The first-order valence-electron chi connectivity index (χ1n) is 6.13. The number of hydrogen-bond acceptors (Lipinski definition) is 2. The fourth-order valence-corrected chi connectivity index (χ4v) is 2.06. The van der Waals surface area contributed by atoms with E-state index in [1.165, 1.54) is 12.1 Å². The van der Waals surface area contributed by atoms with E-state index in [2.05, 4.69) is 10.3 Å². The lowest BCUT2D eigenvalue weighted by Crippen LogP contribution is -2.19. The van der Waals surface area contributed by atoms with E-state index in [-0.39, 0.29) is 6.04 Å². The van der Waals surface area contributed by atoms with Crippen molar-refractivity contribution >= 4 is 0 Å². The Morgan fingerprint density at radius 2 is 2.00 bits per heavy atom. The van der Waals surface area contributed by atoms with Gasteiger partial charge in [-0.1, -0.05) is 12.1 Å². The number of hydrogen-bond donors (Lipinski definition) is 1. The lowest BCUT2D eigenvalue weighted by atomic mass is 9.99. The number of likely N-dealkylation sites (N-methyl/N-ethyl adjacent to an activating group) is 1. The van der Waals surface area contributed by atoms with Crippen LogP contribution in [0, 0.1) is 18.6 Å². The molecule has 0 saturated carbocycles. The van der Waals surface area contributed by atoms with E-state index in [1.807, 2.05) is 20.0 Å². The second-order valence-electron chi connectivity index (χ2n) is 4.58. The van der Waals surface area contributed by atoms with Gasteiger partial charge in [0, 0.05) is 24.5 Å². The van der Waals surface area contributed by atoms with Crippen LogP contribution < -0.4 is 5.32 Å². The van der Waals surface area contributed by atoms with Crippen LogP contribution in [0.3, 0.4) is 0 Å². The minimum absolute atomic E-state index is 0.0487. The van der Waals surface area contributed by atoms with Crippen molar-refractivity contribution in [2.45, 2.75) is 19.4 Å². The first kappa shape index (κ1) is 13.6. The first-order chi connectivity index (χ1) is 9.10. The van der Waals surface area contributed by atoms with E-state index in [9.17, 15) is 8.78 Å². The maximum atomic E-state index is 13.7. The van der Waals surface area contributed by atoms with Gasteiger partial charge in [-0.15, -0.1) is 0 Å². The van der Waals surface area contributed by atoms with Crippen molar-refractivity contribution in [3.8, 4) is 0 Å². The minimum atomic E-state index is -0.556. The summed E-state index contributed by atoms with van der Waals surface area (Å²) < 4.78 is 26.5. The second-order valence-corrected chi connectivity index (χ2v) is 4.58. The third-order valence-electron chi connectivity index (χ3n) is 3.09. The number of halogens is 2. The van der Waals surface area contributed by atoms with E-state index >= 15 is 0 Å². The van der Waals surface area contributed by atoms with Crippen LogP contribution in [0.2, 0.25) is 0 Å². The molecule has 0 radical (unpaired) electrons. The van der Waals surface area contributed by atoms with Crippen LogP contribution in [-0.2, 0) is 6.42 Å². The van der Waals surface area contributed by atoms with Gasteiger partial charge in [0.25, 0.3) is 0 Å². The summed E-state index contributed by atoms with van der Waals surface area (Å²) in [6.45, 7) is 1.96. The minimum Gasteiger partial charge on any atom is -0.313 e. The van der Waals surface area contributed by atoms with Crippen molar-refractivity contribution < 1.29 is 8.78 Å². The molecule has 0 spiro atoms. The molecule has 0 amide bonds. The number of aryl methyl sites for hydroxylation is 1. The summed E-state index contributed by atoms with van der Waals surface area (Å²) in [5, 5.41) is 3.14. The van der Waals surface area contributed by atoms with Crippen LogP contribution in [0.15, 0.2) is 36.7 Å². The smallest absolute Gasteiger partial charge is 0.129 e. The van der Waals surface area contributed by atoms with Crippen LogP contribution in [0.25, 0.3) is 0 Å². The highest BCUT2D eigenvalue weighted by Crippen LogP contribution is 2.20. The Kier molecular flexibility index (Phi) is 4.22. The topological polar surface area (TPSA) is 24.9 Å². The molecule has 1 aromatic heterocycles. The Balaban J connectivity index is 2.24. The molecule has 100 valence electrons. The Bertz CT molecular complexity index is 570. The third kappa shape index (κ3) is 3.35. The van der Waals surface area contributed by atoms with Gasteiger partial charge >= 0.3 is 0 Å². The molecule has 0 fully saturated rings. The van der Waals surface area contributed by atoms with Crippen molar-refractivity contribution in [2.75, 3.05) is 7.05 Å². The number of pyridine rings is 1. The molecular formula is C15H16F2N2. The summed E-state index contributed by atoms with van der Waals surface area (Å²) in [5.41, 5.74) is 2.53. The van der Waals surface area contributed by atoms with Crippen LogP contribution >= 0.6 is 0 Å². The fraction of sp³-hybridized carbons (Fsp3) is 0.267. The molecule has 1 heterocycles. The molecule has 1 unspecified atom stereocenters. The fourth-order valence-electron chi connectivity index (χ4n) is 2.06. The Morgan fingerprint density at radius 1 is 1.21 bits per heavy atom. The van der Waals surface area contributed by atoms with Gasteiger partial charge in [0.05, 0.1) is 0 Å². The van der Waals surface area contributed by atoms with Gasteiger partial charge in [0.2, 0.25) is 0 Å². The molecule has 0 saturated heterocycles. The largest absolute Gasteiger partial charge is 0.313 e. The van der Waals surface area contributed by atoms with Crippen molar-refractivity contribution in [3.05, 3.63) is 65.0 Å². The quantitative estimate of drug-likeness (QED) is 0.915. The maximum absolute atomic E-state index is 13.7. The van der Waals surface area contributed by atoms with Crippen LogP contribution in [-0.4, -0.2) is 12.0 Å². The zero-order valence-corrected chi connectivity index (χ0v) is 11.0. The Morgan fingerprint density at radius 3 is 2.63 bits per heavy atom. The lowest BCUT2D eigenvalue weighted by molar-refractivity contribution is 0.540. The zero-order valence-electron chi connectivity index (χ0n) is 11.0. The van der Waals surface area contributed by atoms with Crippen molar-refractivity contribution in [3.63, 3.8) is 0 Å². The average Bonchev–Trinajstić information content (AvgIpc) is 2.38. The van der Waals surface area contributed by atoms with Gasteiger partial charge < -0.3 is 5.32 Å². The van der Waals surface area contributed by atoms with Crippen molar-refractivity contribution in [1.29, 1.82) is 0 Å². The molecular weight excluding hydrogens is 246 g/mol. The van der Waals surface area contributed by atoms with Gasteiger partial charge in [-0.05, 0) is 43.1 Å². The molecule has 0 aliphatic rings. The number of rotatable bonds is 4. The standard InChI is InChI=1S/C15H16F2N2/c1-10-5-12(9-19-8-10)15(18-2)6-11-3-4-13(16)7-14(11)17/h3-5,7-9,15,18H,6H2,1-2H3. The summed E-state index contributed by atoms with van der Waals surface area (Å²) in [6, 6.07) is 5.64. The van der Waals surface area contributed by atoms with E-state index in [4.69, 9.17) is 0 Å². The van der Waals surface area contributed by atoms with Crippen LogP contribution in [0.5, 0.6) is 0 Å². The van der Waals surface area contributed by atoms with E-state index in [0.29, 0.717) is 12.0 Å². The number of benzene rings is 1. The molecule has 19 heavy (non-hydrogen) atoms. The lowest BCUT2D eigenvalue weighted by Gasteiger charge is -2.17. The summed E-state index contributed by atoms with van der Waals surface area (Å²) in [5.74, 6) is -1.07. The number of aromatic nitrogens is 1.